The van der Waals surface area contributed by atoms with E-state index in [-0.39, 0.29) is 11.9 Å². The highest BCUT2D eigenvalue weighted by Crippen LogP contribution is 2.19. The van der Waals surface area contributed by atoms with Crippen molar-refractivity contribution in [1.29, 1.82) is 0 Å². The molecule has 1 aromatic heterocycles. The first-order valence-corrected chi connectivity index (χ1v) is 5.54. The molecular weight excluding hydrogens is 307 g/mol. The van der Waals surface area contributed by atoms with Crippen LogP contribution in [0.25, 0.3) is 0 Å². The van der Waals surface area contributed by atoms with E-state index in [9.17, 15) is 8.78 Å². The first-order chi connectivity index (χ1) is 7.59. The summed E-state index contributed by atoms with van der Waals surface area (Å²) < 4.78 is 28.7. The summed E-state index contributed by atoms with van der Waals surface area (Å²) in [4.78, 5) is 7.64. The quantitative estimate of drug-likeness (QED) is 0.647. The molecule has 8 heteroatoms. The summed E-state index contributed by atoms with van der Waals surface area (Å²) in [5.41, 5.74) is 0. The number of hydrogen-bond donors (Lipinski definition) is 1. The van der Waals surface area contributed by atoms with Crippen molar-refractivity contribution >= 4 is 33.3 Å². The minimum Gasteiger partial charge on any atom is -0.374 e. The first-order valence-electron chi connectivity index (χ1n) is 4.37. The number of aromatic nitrogens is 2. The number of nitrogens with zero attached hydrogens (tertiary/aromatic N) is 2. The predicted molar refractivity (Wildman–Crippen MR) is 60.1 cm³/mol. The lowest BCUT2D eigenvalue weighted by atomic mass is 10.5. The van der Waals surface area contributed by atoms with Crippen LogP contribution in [0.4, 0.5) is 14.6 Å². The Labute approximate surface area is 104 Å². The molecule has 16 heavy (non-hydrogen) atoms. The summed E-state index contributed by atoms with van der Waals surface area (Å²) in [5, 5.41) is 2.99. The molecule has 0 amide bonds. The zero-order chi connectivity index (χ0) is 12.0. The van der Waals surface area contributed by atoms with Gasteiger partial charge in [0, 0.05) is 12.7 Å². The van der Waals surface area contributed by atoms with Gasteiger partial charge in [-0.3, -0.25) is 0 Å². The Morgan fingerprint density at radius 2 is 2.31 bits per heavy atom. The van der Waals surface area contributed by atoms with Crippen LogP contribution in [-0.2, 0) is 4.74 Å². The molecule has 0 aliphatic carbocycles. The standard InChI is InChI=1S/C8H9BrClF2N3O/c9-5-3-14-8(10)15-7(5)13-1-2-16-4-6(11)12/h3,6H,1-2,4H2,(H,13,14,15). The minimum absolute atomic E-state index is 0.110. The van der Waals surface area contributed by atoms with Gasteiger partial charge in [-0.05, 0) is 27.5 Å². The second-order valence-corrected chi connectivity index (χ2v) is 3.92. The number of hydrogen-bond acceptors (Lipinski definition) is 4. The molecular formula is C8H9BrClF2N3O. The van der Waals surface area contributed by atoms with Gasteiger partial charge in [0.15, 0.2) is 0 Å². The molecule has 1 aromatic rings. The number of halogens is 4. The van der Waals surface area contributed by atoms with Gasteiger partial charge in [0.25, 0.3) is 6.43 Å². The van der Waals surface area contributed by atoms with Crippen LogP contribution in [0.1, 0.15) is 0 Å². The van der Waals surface area contributed by atoms with Gasteiger partial charge < -0.3 is 10.1 Å². The molecule has 0 saturated carbocycles. The van der Waals surface area contributed by atoms with Crippen molar-refractivity contribution in [1.82, 2.24) is 9.97 Å². The monoisotopic (exact) mass is 315 g/mol. The maximum atomic E-state index is 11.7. The molecule has 0 bridgehead atoms. The largest absolute Gasteiger partial charge is 0.374 e. The maximum absolute atomic E-state index is 11.7. The zero-order valence-electron chi connectivity index (χ0n) is 8.09. The third kappa shape index (κ3) is 5.00. The Hall–Kier alpha value is -0.530. The fourth-order valence-electron chi connectivity index (χ4n) is 0.884. The molecule has 0 aromatic carbocycles. The molecule has 1 N–H and O–H groups in total. The van der Waals surface area contributed by atoms with Crippen LogP contribution in [0.3, 0.4) is 0 Å². The number of ether oxygens (including phenoxy) is 1. The molecule has 0 aliphatic heterocycles. The Morgan fingerprint density at radius 1 is 1.56 bits per heavy atom. The van der Waals surface area contributed by atoms with Crippen molar-refractivity contribution in [2.45, 2.75) is 6.43 Å². The van der Waals surface area contributed by atoms with E-state index in [1.54, 1.807) is 0 Å². The number of alkyl halides is 2. The smallest absolute Gasteiger partial charge is 0.261 e. The lowest BCUT2D eigenvalue weighted by Gasteiger charge is -2.07. The van der Waals surface area contributed by atoms with Crippen molar-refractivity contribution in [3.05, 3.63) is 16.0 Å². The van der Waals surface area contributed by atoms with E-state index in [4.69, 9.17) is 11.6 Å². The molecule has 0 fully saturated rings. The second kappa shape index (κ2) is 6.93. The summed E-state index contributed by atoms with van der Waals surface area (Å²) in [6.07, 6.45) is -0.947. The fraction of sp³-hybridized carbons (Fsp3) is 0.500. The Morgan fingerprint density at radius 3 is 3.00 bits per heavy atom. The van der Waals surface area contributed by atoms with Gasteiger partial charge in [0.1, 0.15) is 12.4 Å². The summed E-state index contributed by atoms with van der Waals surface area (Å²) in [5.74, 6) is 0.501. The van der Waals surface area contributed by atoms with Gasteiger partial charge in [-0.2, -0.15) is 4.98 Å². The van der Waals surface area contributed by atoms with E-state index >= 15 is 0 Å². The van der Waals surface area contributed by atoms with E-state index in [1.807, 2.05) is 0 Å². The van der Waals surface area contributed by atoms with Crippen LogP contribution in [0.15, 0.2) is 10.7 Å². The molecule has 0 unspecified atom stereocenters. The molecule has 4 nitrogen and oxygen atoms in total. The van der Waals surface area contributed by atoms with Gasteiger partial charge in [-0.15, -0.1) is 0 Å². The predicted octanol–water partition coefficient (Wildman–Crippen LogP) is 2.59. The molecule has 0 atom stereocenters. The Kier molecular flexibility index (Phi) is 5.86. The van der Waals surface area contributed by atoms with Gasteiger partial charge in [0.05, 0.1) is 11.1 Å². The molecule has 0 aliphatic rings. The van der Waals surface area contributed by atoms with Gasteiger partial charge >= 0.3 is 0 Å². The normalized spacial score (nSPS) is 10.8. The van der Waals surface area contributed by atoms with E-state index in [2.05, 4.69) is 36.0 Å². The highest BCUT2D eigenvalue weighted by atomic mass is 79.9. The maximum Gasteiger partial charge on any atom is 0.261 e. The van der Waals surface area contributed by atoms with E-state index in [1.165, 1.54) is 6.20 Å². The van der Waals surface area contributed by atoms with Crippen LogP contribution in [-0.4, -0.2) is 36.2 Å². The van der Waals surface area contributed by atoms with Crippen molar-refractivity contribution in [3.8, 4) is 0 Å². The second-order valence-electron chi connectivity index (χ2n) is 2.73. The van der Waals surface area contributed by atoms with Crippen LogP contribution in [0.2, 0.25) is 5.28 Å². The summed E-state index contributed by atoms with van der Waals surface area (Å²) in [6, 6.07) is 0. The lowest BCUT2D eigenvalue weighted by Crippen LogP contribution is -2.14. The SMILES string of the molecule is FC(F)COCCNc1nc(Cl)ncc1Br. The Balaban J connectivity index is 2.29. The highest BCUT2D eigenvalue weighted by Gasteiger charge is 2.04. The van der Waals surface area contributed by atoms with Crippen molar-refractivity contribution in [2.24, 2.45) is 0 Å². The minimum atomic E-state index is -2.44. The van der Waals surface area contributed by atoms with E-state index in [0.29, 0.717) is 16.8 Å². The molecule has 1 rings (SSSR count). The third-order valence-electron chi connectivity index (χ3n) is 1.50. The van der Waals surface area contributed by atoms with Crippen molar-refractivity contribution in [3.63, 3.8) is 0 Å². The van der Waals surface area contributed by atoms with Gasteiger partial charge in [-0.25, -0.2) is 13.8 Å². The van der Waals surface area contributed by atoms with Crippen LogP contribution >= 0.6 is 27.5 Å². The van der Waals surface area contributed by atoms with Gasteiger partial charge in [0.2, 0.25) is 5.28 Å². The van der Waals surface area contributed by atoms with Crippen molar-refractivity contribution in [2.75, 3.05) is 25.1 Å². The topological polar surface area (TPSA) is 47.0 Å². The van der Waals surface area contributed by atoms with Gasteiger partial charge in [-0.1, -0.05) is 0 Å². The average molecular weight is 317 g/mol. The van der Waals surface area contributed by atoms with Crippen LogP contribution < -0.4 is 5.32 Å². The fourth-order valence-corrected chi connectivity index (χ4v) is 1.35. The molecule has 90 valence electrons. The summed E-state index contributed by atoms with van der Waals surface area (Å²) in [6.45, 7) is -0.0373. The van der Waals surface area contributed by atoms with E-state index < -0.39 is 13.0 Å². The third-order valence-corrected chi connectivity index (χ3v) is 2.26. The Bertz CT molecular complexity index is 343. The molecule has 0 radical (unpaired) electrons. The van der Waals surface area contributed by atoms with Crippen molar-refractivity contribution < 1.29 is 13.5 Å². The van der Waals surface area contributed by atoms with Crippen LogP contribution in [0.5, 0.6) is 0 Å². The number of rotatable bonds is 6. The number of nitrogens with one attached hydrogen (secondary N) is 1. The lowest BCUT2D eigenvalue weighted by molar-refractivity contribution is 0.0214. The number of anilines is 1. The molecule has 0 spiro atoms. The molecule has 1 heterocycles. The summed E-state index contributed by atoms with van der Waals surface area (Å²) >= 11 is 8.80. The van der Waals surface area contributed by atoms with E-state index in [0.717, 1.165) is 0 Å². The molecule has 0 saturated heterocycles. The average Bonchev–Trinajstić information content (AvgIpc) is 2.22. The first kappa shape index (κ1) is 13.5. The van der Waals surface area contributed by atoms with Crippen LogP contribution in [0, 0.1) is 0 Å². The zero-order valence-corrected chi connectivity index (χ0v) is 10.4. The highest BCUT2D eigenvalue weighted by molar-refractivity contribution is 9.10. The summed E-state index contributed by atoms with van der Waals surface area (Å²) in [7, 11) is 0.